The molecule has 0 aromatic carbocycles. The molecule has 0 unspecified atom stereocenters. The highest BCUT2D eigenvalue weighted by molar-refractivity contribution is 5.15. The predicted molar refractivity (Wildman–Crippen MR) is 64.2 cm³/mol. The molecule has 0 saturated heterocycles. The molecule has 0 aromatic rings. The minimum absolute atomic E-state index is 1.14. The summed E-state index contributed by atoms with van der Waals surface area (Å²) in [5, 5.41) is 0. The summed E-state index contributed by atoms with van der Waals surface area (Å²) in [6.07, 6.45) is 26.0. The van der Waals surface area contributed by atoms with Crippen molar-refractivity contribution in [3.63, 3.8) is 0 Å². The van der Waals surface area contributed by atoms with Gasteiger partial charge in [0.25, 0.3) is 0 Å². The average molecular weight is 186 g/mol. The number of rotatable bonds is 0. The highest BCUT2D eigenvalue weighted by Gasteiger charge is 1.78. The molecule has 1 rings (SSSR count). The lowest BCUT2D eigenvalue weighted by Gasteiger charge is -1.88. The van der Waals surface area contributed by atoms with E-state index in [1.54, 1.807) is 0 Å². The molecule has 0 fully saturated rings. The van der Waals surface area contributed by atoms with E-state index in [0.29, 0.717) is 0 Å². The highest BCUT2D eigenvalue weighted by atomic mass is 13.8. The van der Waals surface area contributed by atoms with Crippen LogP contribution in [0.25, 0.3) is 0 Å². The van der Waals surface area contributed by atoms with Gasteiger partial charge in [-0.05, 0) is 25.7 Å². The second-order valence-corrected chi connectivity index (χ2v) is 3.25. The summed E-state index contributed by atoms with van der Waals surface area (Å²) >= 11 is 0. The van der Waals surface area contributed by atoms with Crippen LogP contribution < -0.4 is 0 Å². The molecule has 0 atom stereocenters. The Morgan fingerprint density at radius 2 is 0.714 bits per heavy atom. The van der Waals surface area contributed by atoms with E-state index in [1.807, 2.05) is 0 Å². The van der Waals surface area contributed by atoms with E-state index in [2.05, 4.69) is 60.8 Å². The normalized spacial score (nSPS) is 18.3. The van der Waals surface area contributed by atoms with E-state index in [9.17, 15) is 0 Å². The van der Waals surface area contributed by atoms with E-state index in [-0.39, 0.29) is 0 Å². The Labute approximate surface area is 87.0 Å². The third-order valence-electron chi connectivity index (χ3n) is 1.99. The van der Waals surface area contributed by atoms with Gasteiger partial charge >= 0.3 is 0 Å². The third kappa shape index (κ3) is 6.24. The zero-order valence-corrected chi connectivity index (χ0v) is 8.60. The first-order chi connectivity index (χ1) is 7.00. The van der Waals surface area contributed by atoms with Crippen LogP contribution in [-0.2, 0) is 0 Å². The fourth-order valence-corrected chi connectivity index (χ4v) is 1.23. The molecule has 0 saturated carbocycles. The molecular formula is C14H18. The van der Waals surface area contributed by atoms with Crippen molar-refractivity contribution in [3.05, 3.63) is 60.8 Å². The maximum atomic E-state index is 2.27. The molecule has 74 valence electrons. The highest BCUT2D eigenvalue weighted by Crippen LogP contribution is 1.98. The van der Waals surface area contributed by atoms with Crippen molar-refractivity contribution in [2.45, 2.75) is 25.7 Å². The van der Waals surface area contributed by atoms with Crippen molar-refractivity contribution >= 4 is 0 Å². The SMILES string of the molecule is C1=CC=CCCC=CCCC=CC=C1. The van der Waals surface area contributed by atoms with Crippen molar-refractivity contribution in [2.75, 3.05) is 0 Å². The Morgan fingerprint density at radius 1 is 0.357 bits per heavy atom. The molecule has 0 nitrogen and oxygen atoms in total. The molecule has 0 radical (unpaired) electrons. The lowest BCUT2D eigenvalue weighted by Crippen LogP contribution is -1.68. The number of allylic oxidation sites excluding steroid dienone is 10. The van der Waals surface area contributed by atoms with Gasteiger partial charge < -0.3 is 0 Å². The molecule has 0 aliphatic heterocycles. The Balaban J connectivity index is 2.46. The first kappa shape index (κ1) is 10.8. The topological polar surface area (TPSA) is 0 Å². The fraction of sp³-hybridized carbons (Fsp3) is 0.286. The smallest absolute Gasteiger partial charge is 0.0313 e. The minimum Gasteiger partial charge on any atom is -0.0882 e. The Morgan fingerprint density at radius 3 is 1.21 bits per heavy atom. The first-order valence-electron chi connectivity index (χ1n) is 5.30. The van der Waals surface area contributed by atoms with Gasteiger partial charge in [0.1, 0.15) is 0 Å². The van der Waals surface area contributed by atoms with Gasteiger partial charge in [-0.2, -0.15) is 0 Å². The Bertz CT molecular complexity index is 234. The van der Waals surface area contributed by atoms with Gasteiger partial charge in [-0.1, -0.05) is 60.8 Å². The van der Waals surface area contributed by atoms with E-state index < -0.39 is 0 Å². The van der Waals surface area contributed by atoms with Gasteiger partial charge in [-0.3, -0.25) is 0 Å². The van der Waals surface area contributed by atoms with Crippen molar-refractivity contribution in [2.24, 2.45) is 0 Å². The first-order valence-corrected chi connectivity index (χ1v) is 5.30. The van der Waals surface area contributed by atoms with Crippen LogP contribution in [0.2, 0.25) is 0 Å². The van der Waals surface area contributed by atoms with Crippen LogP contribution in [0.5, 0.6) is 0 Å². The largest absolute Gasteiger partial charge is 0.0882 e. The monoisotopic (exact) mass is 186 g/mol. The summed E-state index contributed by atoms with van der Waals surface area (Å²) in [6.45, 7) is 0. The predicted octanol–water partition coefficient (Wildman–Crippen LogP) is 4.34. The Hall–Kier alpha value is -1.30. The molecule has 0 aromatic heterocycles. The van der Waals surface area contributed by atoms with Gasteiger partial charge in [-0.25, -0.2) is 0 Å². The molecule has 1 aliphatic carbocycles. The lowest BCUT2D eigenvalue weighted by atomic mass is 10.2. The van der Waals surface area contributed by atoms with Crippen LogP contribution in [0.1, 0.15) is 25.7 Å². The molecular weight excluding hydrogens is 168 g/mol. The molecule has 0 heterocycles. The van der Waals surface area contributed by atoms with Crippen LogP contribution >= 0.6 is 0 Å². The zero-order valence-electron chi connectivity index (χ0n) is 8.60. The van der Waals surface area contributed by atoms with E-state index in [4.69, 9.17) is 0 Å². The molecule has 0 N–H and O–H groups in total. The van der Waals surface area contributed by atoms with Crippen molar-refractivity contribution in [3.8, 4) is 0 Å². The van der Waals surface area contributed by atoms with Gasteiger partial charge in [-0.15, -0.1) is 0 Å². The summed E-state index contributed by atoms with van der Waals surface area (Å²) in [5.41, 5.74) is 0. The molecule has 0 amide bonds. The summed E-state index contributed by atoms with van der Waals surface area (Å²) in [6, 6.07) is 0. The Kier molecular flexibility index (Phi) is 6.39. The van der Waals surface area contributed by atoms with E-state index in [0.717, 1.165) is 25.7 Å². The molecule has 0 heteroatoms. The quantitative estimate of drug-likeness (QED) is 0.494. The van der Waals surface area contributed by atoms with Crippen LogP contribution in [0, 0.1) is 0 Å². The average Bonchev–Trinajstić information content (AvgIpc) is 2.22. The van der Waals surface area contributed by atoms with Gasteiger partial charge in [0.15, 0.2) is 0 Å². The van der Waals surface area contributed by atoms with Crippen LogP contribution in [-0.4, -0.2) is 0 Å². The van der Waals surface area contributed by atoms with Gasteiger partial charge in [0.2, 0.25) is 0 Å². The second-order valence-electron chi connectivity index (χ2n) is 3.25. The van der Waals surface area contributed by atoms with Crippen LogP contribution in [0.15, 0.2) is 60.8 Å². The van der Waals surface area contributed by atoms with E-state index in [1.165, 1.54) is 0 Å². The van der Waals surface area contributed by atoms with Crippen LogP contribution in [0.3, 0.4) is 0 Å². The zero-order chi connectivity index (χ0) is 9.90. The summed E-state index contributed by atoms with van der Waals surface area (Å²) in [5.74, 6) is 0. The number of hydrogen-bond acceptors (Lipinski definition) is 0. The summed E-state index contributed by atoms with van der Waals surface area (Å²) < 4.78 is 0. The molecule has 1 aliphatic rings. The maximum Gasteiger partial charge on any atom is -0.0313 e. The molecule has 0 bridgehead atoms. The lowest BCUT2D eigenvalue weighted by molar-refractivity contribution is 1.00. The molecule has 0 spiro atoms. The summed E-state index contributed by atoms with van der Waals surface area (Å²) in [4.78, 5) is 0. The second kappa shape index (κ2) is 8.31. The number of hydrogen-bond donors (Lipinski definition) is 0. The van der Waals surface area contributed by atoms with Crippen molar-refractivity contribution in [1.82, 2.24) is 0 Å². The maximum absolute atomic E-state index is 2.27. The van der Waals surface area contributed by atoms with E-state index >= 15 is 0 Å². The van der Waals surface area contributed by atoms with Crippen molar-refractivity contribution < 1.29 is 0 Å². The van der Waals surface area contributed by atoms with Crippen LogP contribution in [0.4, 0.5) is 0 Å². The van der Waals surface area contributed by atoms with Gasteiger partial charge in [0.05, 0.1) is 0 Å². The molecule has 14 heavy (non-hydrogen) atoms. The standard InChI is InChI=1S/C14H18/c1-2-4-6-8-10-12-14-13-11-9-7-5-3-1/h1-8,13-14H,9-12H2. The van der Waals surface area contributed by atoms with Gasteiger partial charge in [0, 0.05) is 0 Å². The minimum atomic E-state index is 1.14. The fourth-order valence-electron chi connectivity index (χ4n) is 1.23. The third-order valence-corrected chi connectivity index (χ3v) is 1.99. The van der Waals surface area contributed by atoms with Crippen molar-refractivity contribution in [1.29, 1.82) is 0 Å². The summed E-state index contributed by atoms with van der Waals surface area (Å²) in [7, 11) is 0.